The van der Waals surface area contributed by atoms with Crippen LogP contribution in [0.2, 0.25) is 0 Å². The monoisotopic (exact) mass is 267 g/mol. The molecule has 1 rings (SSSR count). The second-order valence-electron chi connectivity index (χ2n) is 3.95. The van der Waals surface area contributed by atoms with Crippen molar-refractivity contribution in [3.05, 3.63) is 23.8 Å². The molecule has 0 radical (unpaired) electrons. The topological polar surface area (TPSA) is 76.1 Å². The average Bonchev–Trinajstić information content (AvgIpc) is 2.37. The van der Waals surface area contributed by atoms with Crippen LogP contribution < -0.4 is 9.47 Å². The van der Waals surface area contributed by atoms with E-state index in [4.69, 9.17) is 14.6 Å². The van der Waals surface area contributed by atoms with E-state index in [0.717, 1.165) is 0 Å². The van der Waals surface area contributed by atoms with Crippen molar-refractivity contribution < 1.29 is 24.2 Å². The summed E-state index contributed by atoms with van der Waals surface area (Å²) >= 11 is 0. The molecule has 0 unspecified atom stereocenters. The molecule has 1 aromatic rings. The van der Waals surface area contributed by atoms with Gasteiger partial charge in [-0.25, -0.2) is 0 Å². The second-order valence-corrected chi connectivity index (χ2v) is 3.95. The predicted molar refractivity (Wildman–Crippen MR) is 68.3 cm³/mol. The first-order chi connectivity index (χ1) is 8.97. The molecule has 0 atom stereocenters. The minimum Gasteiger partial charge on any atom is -0.497 e. The van der Waals surface area contributed by atoms with Crippen LogP contribution >= 0.6 is 0 Å². The van der Waals surface area contributed by atoms with Crippen LogP contribution in [0.25, 0.3) is 0 Å². The Kier molecular flexibility index (Phi) is 5.17. The number of ether oxygens (including phenoxy) is 2. The number of hydrogen-bond acceptors (Lipinski definition) is 4. The highest BCUT2D eigenvalue weighted by Gasteiger charge is 2.16. The SMILES string of the molecule is COc1ccc(OC)c(CN(CC(=O)O)C(C)=O)c1. The molecule has 0 fully saturated rings. The van der Waals surface area contributed by atoms with Crippen molar-refractivity contribution >= 4 is 11.9 Å². The molecule has 1 amide bonds. The van der Waals surface area contributed by atoms with Gasteiger partial charge in [0.1, 0.15) is 18.0 Å². The Labute approximate surface area is 111 Å². The third-order valence-corrected chi connectivity index (χ3v) is 2.62. The average molecular weight is 267 g/mol. The number of nitrogens with zero attached hydrogens (tertiary/aromatic N) is 1. The van der Waals surface area contributed by atoms with Crippen LogP contribution in [0.5, 0.6) is 11.5 Å². The van der Waals surface area contributed by atoms with Gasteiger partial charge >= 0.3 is 5.97 Å². The van der Waals surface area contributed by atoms with Gasteiger partial charge in [-0.1, -0.05) is 0 Å². The van der Waals surface area contributed by atoms with Crippen molar-refractivity contribution in [3.8, 4) is 11.5 Å². The van der Waals surface area contributed by atoms with Crippen molar-refractivity contribution in [3.63, 3.8) is 0 Å². The lowest BCUT2D eigenvalue weighted by Crippen LogP contribution is -2.33. The Morgan fingerprint density at radius 2 is 1.95 bits per heavy atom. The number of amides is 1. The maximum absolute atomic E-state index is 11.4. The largest absolute Gasteiger partial charge is 0.497 e. The van der Waals surface area contributed by atoms with Crippen LogP contribution in [0.1, 0.15) is 12.5 Å². The van der Waals surface area contributed by atoms with E-state index in [-0.39, 0.29) is 19.0 Å². The molecule has 0 saturated carbocycles. The van der Waals surface area contributed by atoms with Crippen molar-refractivity contribution in [2.24, 2.45) is 0 Å². The summed E-state index contributed by atoms with van der Waals surface area (Å²) in [7, 11) is 3.05. The minimum absolute atomic E-state index is 0.155. The lowest BCUT2D eigenvalue weighted by atomic mass is 10.1. The van der Waals surface area contributed by atoms with Crippen LogP contribution in [-0.4, -0.2) is 42.6 Å². The fourth-order valence-electron chi connectivity index (χ4n) is 1.65. The van der Waals surface area contributed by atoms with E-state index in [2.05, 4.69) is 0 Å². The summed E-state index contributed by atoms with van der Waals surface area (Å²) in [6.07, 6.45) is 0. The van der Waals surface area contributed by atoms with Gasteiger partial charge in [-0.15, -0.1) is 0 Å². The summed E-state index contributed by atoms with van der Waals surface area (Å²) in [4.78, 5) is 23.4. The summed E-state index contributed by atoms with van der Waals surface area (Å²) in [5.41, 5.74) is 0.693. The molecule has 1 aromatic carbocycles. The van der Waals surface area contributed by atoms with Crippen molar-refractivity contribution in [2.45, 2.75) is 13.5 Å². The highest BCUT2D eigenvalue weighted by atomic mass is 16.5. The first-order valence-electron chi connectivity index (χ1n) is 5.66. The minimum atomic E-state index is -1.06. The molecule has 0 aliphatic heterocycles. The number of carbonyl (C=O) groups is 2. The number of hydrogen-bond donors (Lipinski definition) is 1. The molecule has 0 aliphatic rings. The van der Waals surface area contributed by atoms with E-state index in [0.29, 0.717) is 17.1 Å². The highest BCUT2D eigenvalue weighted by molar-refractivity contribution is 5.79. The molecule has 0 bridgehead atoms. The van der Waals surface area contributed by atoms with Crippen LogP contribution in [-0.2, 0) is 16.1 Å². The molecular weight excluding hydrogens is 250 g/mol. The molecule has 0 spiro atoms. The zero-order valence-corrected chi connectivity index (χ0v) is 11.2. The van der Waals surface area contributed by atoms with E-state index in [1.807, 2.05) is 0 Å². The van der Waals surface area contributed by atoms with Gasteiger partial charge in [-0.05, 0) is 18.2 Å². The van der Waals surface area contributed by atoms with Gasteiger partial charge in [0.2, 0.25) is 5.91 Å². The summed E-state index contributed by atoms with van der Waals surface area (Å²) in [6, 6.07) is 5.17. The molecule has 0 heterocycles. The summed E-state index contributed by atoms with van der Waals surface area (Å²) in [5, 5.41) is 8.79. The fraction of sp³-hybridized carbons (Fsp3) is 0.385. The van der Waals surface area contributed by atoms with Gasteiger partial charge in [0, 0.05) is 12.5 Å². The van der Waals surface area contributed by atoms with Crippen LogP contribution in [0.3, 0.4) is 0 Å². The first kappa shape index (κ1) is 14.8. The lowest BCUT2D eigenvalue weighted by Gasteiger charge is -2.20. The van der Waals surface area contributed by atoms with Gasteiger partial charge in [0.25, 0.3) is 0 Å². The van der Waals surface area contributed by atoms with E-state index < -0.39 is 5.97 Å². The lowest BCUT2D eigenvalue weighted by molar-refractivity contribution is -0.144. The number of carboxylic acids is 1. The van der Waals surface area contributed by atoms with Crippen molar-refractivity contribution in [1.82, 2.24) is 4.90 Å². The maximum atomic E-state index is 11.4. The predicted octanol–water partition coefficient (Wildman–Crippen LogP) is 1.14. The normalized spacial score (nSPS) is 9.84. The molecule has 0 saturated heterocycles. The van der Waals surface area contributed by atoms with Crippen molar-refractivity contribution in [1.29, 1.82) is 0 Å². The number of aliphatic carboxylic acids is 1. The quantitative estimate of drug-likeness (QED) is 0.836. The van der Waals surface area contributed by atoms with E-state index in [9.17, 15) is 9.59 Å². The molecule has 0 aliphatic carbocycles. The molecule has 1 N–H and O–H groups in total. The number of benzene rings is 1. The summed E-state index contributed by atoms with van der Waals surface area (Å²) in [6.45, 7) is 1.13. The van der Waals surface area contributed by atoms with E-state index >= 15 is 0 Å². The van der Waals surface area contributed by atoms with E-state index in [1.54, 1.807) is 18.2 Å². The third kappa shape index (κ3) is 4.17. The smallest absolute Gasteiger partial charge is 0.323 e. The molecule has 6 heteroatoms. The maximum Gasteiger partial charge on any atom is 0.323 e. The van der Waals surface area contributed by atoms with Gasteiger partial charge in [0.05, 0.1) is 20.8 Å². The molecule has 6 nitrogen and oxygen atoms in total. The van der Waals surface area contributed by atoms with Gasteiger partial charge < -0.3 is 19.5 Å². The van der Waals surface area contributed by atoms with Gasteiger partial charge in [-0.3, -0.25) is 9.59 Å². The molecular formula is C13H17NO5. The number of carboxylic acid groups (broad SMARTS) is 1. The standard InChI is InChI=1S/C13H17NO5/c1-9(15)14(8-13(16)17)7-10-6-11(18-2)4-5-12(10)19-3/h4-6H,7-8H2,1-3H3,(H,16,17). The highest BCUT2D eigenvalue weighted by Crippen LogP contribution is 2.25. The van der Waals surface area contributed by atoms with Crippen LogP contribution in [0.15, 0.2) is 18.2 Å². The van der Waals surface area contributed by atoms with Gasteiger partial charge in [0.15, 0.2) is 0 Å². The Bertz CT molecular complexity index is 472. The summed E-state index contributed by atoms with van der Waals surface area (Å²) in [5.74, 6) is -0.170. The second kappa shape index (κ2) is 6.63. The number of carbonyl (C=O) groups excluding carboxylic acids is 1. The Morgan fingerprint density at radius 1 is 1.26 bits per heavy atom. The molecule has 0 aromatic heterocycles. The molecule has 104 valence electrons. The Hall–Kier alpha value is -2.24. The number of rotatable bonds is 6. The van der Waals surface area contributed by atoms with Crippen LogP contribution in [0.4, 0.5) is 0 Å². The first-order valence-corrected chi connectivity index (χ1v) is 5.66. The zero-order chi connectivity index (χ0) is 14.4. The zero-order valence-electron chi connectivity index (χ0n) is 11.2. The Morgan fingerprint density at radius 3 is 2.42 bits per heavy atom. The van der Waals surface area contributed by atoms with Crippen molar-refractivity contribution in [2.75, 3.05) is 20.8 Å². The summed E-state index contributed by atoms with van der Waals surface area (Å²) < 4.78 is 10.3. The fourth-order valence-corrected chi connectivity index (χ4v) is 1.65. The van der Waals surface area contributed by atoms with Gasteiger partial charge in [-0.2, -0.15) is 0 Å². The van der Waals surface area contributed by atoms with E-state index in [1.165, 1.54) is 26.0 Å². The molecule has 19 heavy (non-hydrogen) atoms. The number of methoxy groups -OCH3 is 2. The van der Waals surface area contributed by atoms with Crippen LogP contribution in [0, 0.1) is 0 Å². The third-order valence-electron chi connectivity index (χ3n) is 2.62. The Balaban J connectivity index is 2.99.